The van der Waals surface area contributed by atoms with Crippen molar-refractivity contribution in [2.75, 3.05) is 20.1 Å². The van der Waals surface area contributed by atoms with Crippen LogP contribution in [0.4, 0.5) is 0 Å². The molecule has 0 bridgehead atoms. The van der Waals surface area contributed by atoms with E-state index in [2.05, 4.69) is 55.4 Å². The Kier molecular flexibility index (Phi) is 4.19. The molecular formula is C15H24N2. The van der Waals surface area contributed by atoms with Crippen molar-refractivity contribution in [2.24, 2.45) is 0 Å². The summed E-state index contributed by atoms with van der Waals surface area (Å²) in [5.74, 6) is 0. The van der Waals surface area contributed by atoms with Crippen LogP contribution in [0.2, 0.25) is 0 Å². The average molecular weight is 232 g/mol. The molecule has 1 fully saturated rings. The molecule has 0 radical (unpaired) electrons. The molecule has 0 amide bonds. The highest BCUT2D eigenvalue weighted by Crippen LogP contribution is 2.17. The first-order valence-corrected chi connectivity index (χ1v) is 6.66. The molecule has 0 unspecified atom stereocenters. The maximum atomic E-state index is 3.76. The van der Waals surface area contributed by atoms with E-state index >= 15 is 0 Å². The Morgan fingerprint density at radius 3 is 2.65 bits per heavy atom. The van der Waals surface area contributed by atoms with Gasteiger partial charge in [0.05, 0.1) is 0 Å². The summed E-state index contributed by atoms with van der Waals surface area (Å²) in [6.45, 7) is 6.87. The Balaban J connectivity index is 1.90. The van der Waals surface area contributed by atoms with Crippen LogP contribution in [0.1, 0.15) is 36.9 Å². The third-order valence-electron chi connectivity index (χ3n) is 3.75. The summed E-state index contributed by atoms with van der Waals surface area (Å²) >= 11 is 0. The molecule has 1 aliphatic rings. The molecule has 0 saturated carbocycles. The van der Waals surface area contributed by atoms with Crippen LogP contribution >= 0.6 is 0 Å². The fourth-order valence-corrected chi connectivity index (χ4v) is 2.56. The van der Waals surface area contributed by atoms with Crippen LogP contribution in [0.3, 0.4) is 0 Å². The summed E-state index contributed by atoms with van der Waals surface area (Å²) in [4.78, 5) is 2.41. The van der Waals surface area contributed by atoms with E-state index in [-0.39, 0.29) is 0 Å². The molecule has 2 nitrogen and oxygen atoms in total. The van der Waals surface area contributed by atoms with E-state index in [0.717, 1.165) is 0 Å². The van der Waals surface area contributed by atoms with Gasteiger partial charge in [0.1, 0.15) is 0 Å². The molecule has 1 heterocycles. The fraction of sp³-hybridized carbons (Fsp3) is 0.600. The molecule has 1 N–H and O–H groups in total. The van der Waals surface area contributed by atoms with Gasteiger partial charge in [0.15, 0.2) is 0 Å². The first kappa shape index (κ1) is 12.6. The molecule has 1 aliphatic heterocycles. The number of piperidine rings is 1. The number of likely N-dealkylation sites (tertiary alicyclic amines) is 1. The van der Waals surface area contributed by atoms with Gasteiger partial charge >= 0.3 is 0 Å². The molecule has 1 aromatic rings. The molecule has 2 heteroatoms. The summed E-state index contributed by atoms with van der Waals surface area (Å²) in [6.07, 6.45) is 2.54. The van der Waals surface area contributed by atoms with Crippen molar-refractivity contribution in [3.05, 3.63) is 35.4 Å². The average Bonchev–Trinajstić information content (AvgIpc) is 2.32. The van der Waals surface area contributed by atoms with Gasteiger partial charge in [0.25, 0.3) is 0 Å². The van der Waals surface area contributed by atoms with Crippen LogP contribution in [0, 0.1) is 6.92 Å². The molecule has 1 saturated heterocycles. The molecular weight excluding hydrogens is 208 g/mol. The SMILES string of the molecule is Cc1cccc([C@H](C)NC2CCN(C)CC2)c1. The monoisotopic (exact) mass is 232 g/mol. The Labute approximate surface area is 105 Å². The predicted octanol–water partition coefficient (Wildman–Crippen LogP) is 2.74. The number of benzene rings is 1. The van der Waals surface area contributed by atoms with Gasteiger partial charge in [0, 0.05) is 12.1 Å². The molecule has 0 spiro atoms. The zero-order valence-electron chi connectivity index (χ0n) is 11.2. The lowest BCUT2D eigenvalue weighted by atomic mass is 10.0. The van der Waals surface area contributed by atoms with Crippen molar-refractivity contribution in [3.63, 3.8) is 0 Å². The Morgan fingerprint density at radius 2 is 2.00 bits per heavy atom. The van der Waals surface area contributed by atoms with Crippen molar-refractivity contribution in [1.82, 2.24) is 10.2 Å². The third kappa shape index (κ3) is 3.55. The smallest absolute Gasteiger partial charge is 0.0294 e. The maximum Gasteiger partial charge on any atom is 0.0294 e. The van der Waals surface area contributed by atoms with Crippen molar-refractivity contribution in [1.29, 1.82) is 0 Å². The van der Waals surface area contributed by atoms with E-state index in [1.54, 1.807) is 0 Å². The Hall–Kier alpha value is -0.860. The summed E-state index contributed by atoms with van der Waals surface area (Å²) in [7, 11) is 2.21. The number of nitrogens with zero attached hydrogens (tertiary/aromatic N) is 1. The van der Waals surface area contributed by atoms with E-state index in [9.17, 15) is 0 Å². The van der Waals surface area contributed by atoms with Gasteiger partial charge in [-0.05, 0) is 52.4 Å². The first-order valence-electron chi connectivity index (χ1n) is 6.66. The number of rotatable bonds is 3. The number of hydrogen-bond donors (Lipinski definition) is 1. The third-order valence-corrected chi connectivity index (χ3v) is 3.75. The highest BCUT2D eigenvalue weighted by Gasteiger charge is 2.18. The number of nitrogens with one attached hydrogen (secondary N) is 1. The van der Waals surface area contributed by atoms with Gasteiger partial charge in [-0.1, -0.05) is 29.8 Å². The van der Waals surface area contributed by atoms with Gasteiger partial charge in [0.2, 0.25) is 0 Å². The summed E-state index contributed by atoms with van der Waals surface area (Å²) < 4.78 is 0. The van der Waals surface area contributed by atoms with Crippen LogP contribution in [-0.2, 0) is 0 Å². The maximum absolute atomic E-state index is 3.76. The molecule has 0 aromatic heterocycles. The van der Waals surface area contributed by atoms with Gasteiger partial charge in [-0.25, -0.2) is 0 Å². The fourth-order valence-electron chi connectivity index (χ4n) is 2.56. The second-order valence-electron chi connectivity index (χ2n) is 5.38. The molecule has 2 rings (SSSR count). The zero-order valence-corrected chi connectivity index (χ0v) is 11.2. The van der Waals surface area contributed by atoms with Crippen LogP contribution < -0.4 is 5.32 Å². The quantitative estimate of drug-likeness (QED) is 0.862. The first-order chi connectivity index (χ1) is 8.15. The second kappa shape index (κ2) is 5.65. The second-order valence-corrected chi connectivity index (χ2v) is 5.38. The minimum absolute atomic E-state index is 0.461. The van der Waals surface area contributed by atoms with Gasteiger partial charge in [-0.15, -0.1) is 0 Å². The standard InChI is InChI=1S/C15H24N2/c1-12-5-4-6-14(11-12)13(2)16-15-7-9-17(3)10-8-15/h4-6,11,13,15-16H,7-10H2,1-3H3/t13-/m0/s1. The lowest BCUT2D eigenvalue weighted by molar-refractivity contribution is 0.226. The van der Waals surface area contributed by atoms with E-state index in [4.69, 9.17) is 0 Å². The summed E-state index contributed by atoms with van der Waals surface area (Å²) in [6, 6.07) is 9.96. The number of hydrogen-bond acceptors (Lipinski definition) is 2. The normalized spacial score (nSPS) is 20.4. The highest BCUT2D eigenvalue weighted by molar-refractivity contribution is 5.24. The summed E-state index contributed by atoms with van der Waals surface area (Å²) in [5, 5.41) is 3.76. The lowest BCUT2D eigenvalue weighted by Gasteiger charge is -2.31. The van der Waals surface area contributed by atoms with Crippen LogP contribution in [0.15, 0.2) is 24.3 Å². The van der Waals surface area contributed by atoms with Crippen molar-refractivity contribution >= 4 is 0 Å². The van der Waals surface area contributed by atoms with Crippen LogP contribution in [-0.4, -0.2) is 31.1 Å². The molecule has 0 aliphatic carbocycles. The minimum Gasteiger partial charge on any atom is -0.307 e. The molecule has 17 heavy (non-hydrogen) atoms. The zero-order chi connectivity index (χ0) is 12.3. The van der Waals surface area contributed by atoms with Gasteiger partial charge in [-0.3, -0.25) is 0 Å². The predicted molar refractivity (Wildman–Crippen MR) is 73.2 cm³/mol. The van der Waals surface area contributed by atoms with E-state index in [1.165, 1.54) is 37.1 Å². The lowest BCUT2D eigenvalue weighted by Crippen LogP contribution is -2.41. The van der Waals surface area contributed by atoms with Crippen LogP contribution in [0.5, 0.6) is 0 Å². The van der Waals surface area contributed by atoms with E-state index in [1.807, 2.05) is 0 Å². The van der Waals surface area contributed by atoms with Crippen LogP contribution in [0.25, 0.3) is 0 Å². The molecule has 1 aromatic carbocycles. The molecule has 1 atom stereocenters. The minimum atomic E-state index is 0.461. The topological polar surface area (TPSA) is 15.3 Å². The van der Waals surface area contributed by atoms with E-state index < -0.39 is 0 Å². The Morgan fingerprint density at radius 1 is 1.29 bits per heavy atom. The highest BCUT2D eigenvalue weighted by atomic mass is 15.1. The summed E-state index contributed by atoms with van der Waals surface area (Å²) in [5.41, 5.74) is 2.75. The van der Waals surface area contributed by atoms with Gasteiger partial charge in [-0.2, -0.15) is 0 Å². The Bertz CT molecular complexity index is 354. The van der Waals surface area contributed by atoms with Crippen molar-refractivity contribution < 1.29 is 0 Å². The van der Waals surface area contributed by atoms with E-state index in [0.29, 0.717) is 12.1 Å². The largest absolute Gasteiger partial charge is 0.307 e. The molecule has 94 valence electrons. The van der Waals surface area contributed by atoms with Crippen molar-refractivity contribution in [2.45, 2.75) is 38.8 Å². The number of aryl methyl sites for hydroxylation is 1. The van der Waals surface area contributed by atoms with Gasteiger partial charge < -0.3 is 10.2 Å². The van der Waals surface area contributed by atoms with Crippen molar-refractivity contribution in [3.8, 4) is 0 Å².